The van der Waals surface area contributed by atoms with Gasteiger partial charge in [0.25, 0.3) is 0 Å². The number of fused-ring (bicyclic) bond motifs is 1. The summed E-state index contributed by atoms with van der Waals surface area (Å²) < 4.78 is 0. The predicted octanol–water partition coefficient (Wildman–Crippen LogP) is 5.59. The molecule has 3 nitrogen and oxygen atoms in total. The summed E-state index contributed by atoms with van der Waals surface area (Å²) in [6.45, 7) is 5.60. The van der Waals surface area contributed by atoms with Gasteiger partial charge in [0.05, 0.1) is 29.0 Å². The number of aliphatic hydroxyl groups is 1. The molecule has 1 atom stereocenters. The second kappa shape index (κ2) is 9.24. The Morgan fingerprint density at radius 1 is 1.11 bits per heavy atom. The van der Waals surface area contributed by atoms with Crippen molar-refractivity contribution in [1.29, 1.82) is 0 Å². The smallest absolute Gasteiger partial charge is 0.0894 e. The Labute approximate surface area is 161 Å². The van der Waals surface area contributed by atoms with Gasteiger partial charge in [0.1, 0.15) is 0 Å². The van der Waals surface area contributed by atoms with Crippen molar-refractivity contribution in [2.45, 2.75) is 38.7 Å². The van der Waals surface area contributed by atoms with Crippen molar-refractivity contribution in [2.75, 3.05) is 0 Å². The first kappa shape index (κ1) is 19.0. The topological polar surface area (TPSA) is 46.0 Å². The minimum Gasteiger partial charge on any atom is -0.393 e. The molecular formula is C24H26N2O. The van der Waals surface area contributed by atoms with Gasteiger partial charge >= 0.3 is 0 Å². The maximum Gasteiger partial charge on any atom is 0.0894 e. The Bertz CT molecular complexity index is 927. The third-order valence-corrected chi connectivity index (χ3v) is 4.50. The van der Waals surface area contributed by atoms with Crippen LogP contribution >= 0.6 is 0 Å². The number of aromatic nitrogens is 2. The van der Waals surface area contributed by atoms with E-state index in [1.807, 2.05) is 25.3 Å². The van der Waals surface area contributed by atoms with Crippen LogP contribution in [0.25, 0.3) is 28.4 Å². The number of rotatable bonds is 8. The molecule has 1 aromatic heterocycles. The number of hydrogen-bond donors (Lipinski definition) is 1. The predicted molar refractivity (Wildman–Crippen MR) is 113 cm³/mol. The Morgan fingerprint density at radius 2 is 1.93 bits per heavy atom. The van der Waals surface area contributed by atoms with Crippen molar-refractivity contribution in [3.05, 3.63) is 78.5 Å². The summed E-state index contributed by atoms with van der Waals surface area (Å²) in [6, 6.07) is 14.5. The molecule has 0 aliphatic rings. The summed E-state index contributed by atoms with van der Waals surface area (Å²) in [4.78, 5) is 9.36. The molecule has 3 rings (SSSR count). The molecule has 0 spiro atoms. The molecule has 3 aromatic rings. The Hall–Kier alpha value is -2.78. The number of allylic oxidation sites excluding steroid dienone is 2. The van der Waals surface area contributed by atoms with E-state index in [1.54, 1.807) is 0 Å². The maximum atomic E-state index is 9.29. The molecular weight excluding hydrogens is 332 g/mol. The largest absolute Gasteiger partial charge is 0.393 e. The quantitative estimate of drug-likeness (QED) is 0.422. The van der Waals surface area contributed by atoms with Crippen molar-refractivity contribution >= 4 is 17.1 Å². The lowest BCUT2D eigenvalue weighted by molar-refractivity contribution is 0.182. The zero-order valence-corrected chi connectivity index (χ0v) is 15.8. The fourth-order valence-corrected chi connectivity index (χ4v) is 3.00. The number of hydrogen-bond acceptors (Lipinski definition) is 3. The lowest BCUT2D eigenvalue weighted by atomic mass is 10.1. The second-order valence-corrected chi connectivity index (χ2v) is 6.88. The highest BCUT2D eigenvalue weighted by molar-refractivity contribution is 5.79. The zero-order valence-electron chi connectivity index (χ0n) is 15.8. The van der Waals surface area contributed by atoms with E-state index in [0.29, 0.717) is 0 Å². The summed E-state index contributed by atoms with van der Waals surface area (Å²) in [5, 5.41) is 9.29. The standard InChI is InChI=1S/C24H26N2O/c1-3-7-19-10-13-21(14-11-19)24-17-25-23-16-20(12-15-22(23)26-24)9-6-4-5-8-18(2)27/h3,6,9-18,27H,1,4-5,7-8H2,2H3/b9-6+. The van der Waals surface area contributed by atoms with E-state index < -0.39 is 0 Å². The Balaban J connectivity index is 1.73. The molecule has 2 aromatic carbocycles. The molecule has 0 amide bonds. The Morgan fingerprint density at radius 3 is 2.67 bits per heavy atom. The third kappa shape index (κ3) is 5.35. The van der Waals surface area contributed by atoms with Gasteiger partial charge in [0.15, 0.2) is 0 Å². The third-order valence-electron chi connectivity index (χ3n) is 4.50. The second-order valence-electron chi connectivity index (χ2n) is 6.88. The highest BCUT2D eigenvalue weighted by Gasteiger charge is 2.04. The monoisotopic (exact) mass is 358 g/mol. The number of aliphatic hydroxyl groups excluding tert-OH is 1. The van der Waals surface area contributed by atoms with Crippen LogP contribution < -0.4 is 0 Å². The highest BCUT2D eigenvalue weighted by atomic mass is 16.3. The molecule has 1 heterocycles. The van der Waals surface area contributed by atoms with Gasteiger partial charge < -0.3 is 5.11 Å². The first-order valence-corrected chi connectivity index (χ1v) is 9.47. The Kier molecular flexibility index (Phi) is 6.50. The number of nitrogens with zero attached hydrogens (tertiary/aromatic N) is 2. The molecule has 0 saturated carbocycles. The molecule has 0 bridgehead atoms. The SMILES string of the molecule is C=CCc1ccc(-c2cnc3cc(/C=C/CCCC(C)O)ccc3n2)cc1. The van der Waals surface area contributed by atoms with Crippen LogP contribution in [0.1, 0.15) is 37.3 Å². The molecule has 0 saturated heterocycles. The van der Waals surface area contributed by atoms with Crippen LogP contribution in [0, 0.1) is 0 Å². The van der Waals surface area contributed by atoms with Crippen LogP contribution in [0.2, 0.25) is 0 Å². The number of unbranched alkanes of at least 4 members (excludes halogenated alkanes) is 1. The van der Waals surface area contributed by atoms with E-state index in [0.717, 1.165) is 53.5 Å². The molecule has 0 aliphatic carbocycles. The minimum absolute atomic E-state index is 0.221. The molecule has 0 aliphatic heterocycles. The summed E-state index contributed by atoms with van der Waals surface area (Å²) in [5.41, 5.74) is 6.11. The van der Waals surface area contributed by atoms with Crippen molar-refractivity contribution in [3.63, 3.8) is 0 Å². The van der Waals surface area contributed by atoms with E-state index in [-0.39, 0.29) is 6.10 Å². The van der Waals surface area contributed by atoms with E-state index in [9.17, 15) is 5.11 Å². The van der Waals surface area contributed by atoms with Gasteiger partial charge in [-0.3, -0.25) is 4.98 Å². The number of benzene rings is 2. The summed E-state index contributed by atoms with van der Waals surface area (Å²) >= 11 is 0. The van der Waals surface area contributed by atoms with Gasteiger partial charge in [0, 0.05) is 5.56 Å². The van der Waals surface area contributed by atoms with Gasteiger partial charge in [-0.1, -0.05) is 48.6 Å². The lowest BCUT2D eigenvalue weighted by Crippen LogP contribution is -1.97. The van der Waals surface area contributed by atoms with Gasteiger partial charge in [0.2, 0.25) is 0 Å². The lowest BCUT2D eigenvalue weighted by Gasteiger charge is -2.05. The summed E-state index contributed by atoms with van der Waals surface area (Å²) in [5.74, 6) is 0. The molecule has 27 heavy (non-hydrogen) atoms. The van der Waals surface area contributed by atoms with Gasteiger partial charge in [-0.15, -0.1) is 6.58 Å². The van der Waals surface area contributed by atoms with E-state index >= 15 is 0 Å². The molecule has 1 unspecified atom stereocenters. The van der Waals surface area contributed by atoms with Gasteiger partial charge in [-0.05, 0) is 55.9 Å². The van der Waals surface area contributed by atoms with Crippen molar-refractivity contribution in [2.24, 2.45) is 0 Å². The van der Waals surface area contributed by atoms with Crippen LogP contribution in [-0.2, 0) is 6.42 Å². The maximum absolute atomic E-state index is 9.29. The molecule has 0 fully saturated rings. The van der Waals surface area contributed by atoms with Crippen molar-refractivity contribution in [1.82, 2.24) is 9.97 Å². The molecule has 3 heteroatoms. The van der Waals surface area contributed by atoms with E-state index in [4.69, 9.17) is 4.98 Å². The zero-order chi connectivity index (χ0) is 19.1. The van der Waals surface area contributed by atoms with Gasteiger partial charge in [-0.2, -0.15) is 0 Å². The van der Waals surface area contributed by atoms with Crippen LogP contribution in [0.15, 0.2) is 67.4 Å². The molecule has 138 valence electrons. The van der Waals surface area contributed by atoms with Crippen LogP contribution in [0.3, 0.4) is 0 Å². The van der Waals surface area contributed by atoms with Crippen LogP contribution in [0.5, 0.6) is 0 Å². The van der Waals surface area contributed by atoms with Crippen LogP contribution in [0.4, 0.5) is 0 Å². The fraction of sp³-hybridized carbons (Fsp3) is 0.250. The normalized spacial score (nSPS) is 12.5. The van der Waals surface area contributed by atoms with Gasteiger partial charge in [-0.25, -0.2) is 4.98 Å². The minimum atomic E-state index is -0.221. The first-order valence-electron chi connectivity index (χ1n) is 9.47. The summed E-state index contributed by atoms with van der Waals surface area (Å²) in [7, 11) is 0. The molecule has 1 N–H and O–H groups in total. The van der Waals surface area contributed by atoms with Crippen LogP contribution in [-0.4, -0.2) is 21.2 Å². The average molecular weight is 358 g/mol. The van der Waals surface area contributed by atoms with E-state index in [1.165, 1.54) is 5.56 Å². The highest BCUT2D eigenvalue weighted by Crippen LogP contribution is 2.21. The average Bonchev–Trinajstić information content (AvgIpc) is 2.68. The van der Waals surface area contributed by atoms with Crippen molar-refractivity contribution in [3.8, 4) is 11.3 Å². The molecule has 0 radical (unpaired) electrons. The van der Waals surface area contributed by atoms with E-state index in [2.05, 4.69) is 60.1 Å². The summed E-state index contributed by atoms with van der Waals surface area (Å²) in [6.07, 6.45) is 11.5. The fourth-order valence-electron chi connectivity index (χ4n) is 3.00. The van der Waals surface area contributed by atoms with Crippen molar-refractivity contribution < 1.29 is 5.11 Å². The first-order chi connectivity index (χ1) is 13.2.